The minimum absolute atomic E-state index is 0.00428. The Hall–Kier alpha value is -4.02. The molecule has 1 saturated carbocycles. The molecule has 4 aliphatic rings. The van der Waals surface area contributed by atoms with Crippen molar-refractivity contribution in [1.29, 1.82) is 0 Å². The molecule has 1 fully saturated rings. The molecule has 3 N–H and O–H groups in total. The lowest BCUT2D eigenvalue weighted by molar-refractivity contribution is -0.137. The molecule has 2 aromatic rings. The number of alkyl halides is 3. The minimum atomic E-state index is -4.58. The number of carbonyl (C=O) groups is 2. The second kappa shape index (κ2) is 8.53. The van der Waals surface area contributed by atoms with E-state index in [0.29, 0.717) is 30.2 Å². The highest BCUT2D eigenvalue weighted by atomic mass is 19.4. The minimum Gasteiger partial charge on any atom is -0.487 e. The van der Waals surface area contributed by atoms with Crippen LogP contribution >= 0.6 is 0 Å². The number of anilines is 1. The maximum Gasteiger partial charge on any atom is 0.418 e. The molecule has 8 nitrogen and oxygen atoms in total. The Labute approximate surface area is 209 Å². The quantitative estimate of drug-likeness (QED) is 0.567. The predicted octanol–water partition coefficient (Wildman–Crippen LogP) is 4.34. The lowest BCUT2D eigenvalue weighted by atomic mass is 9.90. The first-order valence-electron chi connectivity index (χ1n) is 12.0. The summed E-state index contributed by atoms with van der Waals surface area (Å²) < 4.78 is 52.0. The van der Waals surface area contributed by atoms with Gasteiger partial charge in [0.25, 0.3) is 0 Å². The number of benzene rings is 2. The van der Waals surface area contributed by atoms with E-state index in [2.05, 4.69) is 20.9 Å². The van der Waals surface area contributed by atoms with Gasteiger partial charge in [-0.3, -0.25) is 4.79 Å². The molecule has 0 bridgehead atoms. The molecule has 0 aromatic heterocycles. The number of nitrogens with one attached hydrogen (secondary N) is 3. The highest BCUT2D eigenvalue weighted by Gasteiger charge is 2.60. The molecule has 3 heterocycles. The van der Waals surface area contributed by atoms with Gasteiger partial charge >= 0.3 is 12.2 Å². The average molecular weight is 512 g/mol. The summed E-state index contributed by atoms with van der Waals surface area (Å²) in [4.78, 5) is 28.6. The molecule has 5 atom stereocenters. The van der Waals surface area contributed by atoms with E-state index in [0.717, 1.165) is 17.2 Å². The first kappa shape index (κ1) is 23.4. The van der Waals surface area contributed by atoms with E-state index in [-0.39, 0.29) is 41.7 Å². The summed E-state index contributed by atoms with van der Waals surface area (Å²) in [6, 6.07) is 9.22. The van der Waals surface area contributed by atoms with E-state index >= 15 is 0 Å². The van der Waals surface area contributed by atoms with E-state index < -0.39 is 17.8 Å². The van der Waals surface area contributed by atoms with Gasteiger partial charge in [-0.15, -0.1) is 0 Å². The Morgan fingerprint density at radius 2 is 2.00 bits per heavy atom. The van der Waals surface area contributed by atoms with E-state index in [4.69, 9.17) is 9.47 Å². The highest BCUT2D eigenvalue weighted by molar-refractivity contribution is 5.91. The van der Waals surface area contributed by atoms with Crippen LogP contribution in [0.4, 0.5) is 23.7 Å². The van der Waals surface area contributed by atoms with Gasteiger partial charge in [-0.05, 0) is 36.8 Å². The number of rotatable bonds is 4. The van der Waals surface area contributed by atoms with Crippen molar-refractivity contribution in [3.63, 3.8) is 0 Å². The Morgan fingerprint density at radius 3 is 2.81 bits per heavy atom. The van der Waals surface area contributed by atoms with Crippen LogP contribution < -0.4 is 25.4 Å². The fraction of sp³-hybridized carbons (Fsp3) is 0.346. The fourth-order valence-electron chi connectivity index (χ4n) is 5.18. The molecular formula is C26H23F3N4O4. The van der Waals surface area contributed by atoms with Gasteiger partial charge in [-0.1, -0.05) is 19.1 Å². The molecule has 2 aromatic carbocycles. The molecular weight excluding hydrogens is 489 g/mol. The lowest BCUT2D eigenvalue weighted by Crippen LogP contribution is -2.39. The average Bonchev–Trinajstić information content (AvgIpc) is 3.36. The van der Waals surface area contributed by atoms with Crippen molar-refractivity contribution in [3.8, 4) is 11.5 Å². The number of hydrogen-bond acceptors (Lipinski definition) is 5. The van der Waals surface area contributed by atoms with E-state index in [1.165, 1.54) is 18.2 Å². The van der Waals surface area contributed by atoms with E-state index in [1.54, 1.807) is 6.21 Å². The van der Waals surface area contributed by atoms with Gasteiger partial charge < -0.3 is 25.4 Å². The number of urea groups is 1. The Kier molecular flexibility index (Phi) is 5.39. The van der Waals surface area contributed by atoms with Crippen LogP contribution in [0.25, 0.3) is 0 Å². The number of aliphatic imine (C=N–C) groups is 1. The van der Waals surface area contributed by atoms with Crippen molar-refractivity contribution in [1.82, 2.24) is 10.6 Å². The predicted molar refractivity (Wildman–Crippen MR) is 127 cm³/mol. The van der Waals surface area contributed by atoms with Gasteiger partial charge in [-0.2, -0.15) is 13.2 Å². The third kappa shape index (κ3) is 4.28. The number of ether oxygens (including phenoxy) is 2. The van der Waals surface area contributed by atoms with Gasteiger partial charge in [0.05, 0.1) is 23.2 Å². The van der Waals surface area contributed by atoms with Crippen LogP contribution in [0.15, 0.2) is 58.9 Å². The molecule has 1 aliphatic carbocycles. The first-order valence-corrected chi connectivity index (χ1v) is 12.0. The second-order valence-corrected chi connectivity index (χ2v) is 9.57. The molecule has 11 heteroatoms. The van der Waals surface area contributed by atoms with Crippen LogP contribution in [0, 0.1) is 5.92 Å². The topological polar surface area (TPSA) is 101 Å². The lowest BCUT2D eigenvalue weighted by Gasteiger charge is -2.32. The van der Waals surface area contributed by atoms with Crippen molar-refractivity contribution in [2.24, 2.45) is 10.9 Å². The van der Waals surface area contributed by atoms with Crippen LogP contribution in [0.5, 0.6) is 11.5 Å². The van der Waals surface area contributed by atoms with Crippen LogP contribution in [0.3, 0.4) is 0 Å². The summed E-state index contributed by atoms with van der Waals surface area (Å²) in [6.45, 7) is 2.00. The van der Waals surface area contributed by atoms with Gasteiger partial charge in [0.2, 0.25) is 5.91 Å². The van der Waals surface area contributed by atoms with Gasteiger partial charge in [0.1, 0.15) is 29.5 Å². The van der Waals surface area contributed by atoms with Gasteiger partial charge in [0.15, 0.2) is 0 Å². The van der Waals surface area contributed by atoms with Crippen molar-refractivity contribution >= 4 is 23.8 Å². The number of hydrogen-bond donors (Lipinski definition) is 3. The molecule has 0 saturated heterocycles. The maximum absolute atomic E-state index is 13.2. The number of halogens is 3. The van der Waals surface area contributed by atoms with Crippen LogP contribution in [-0.2, 0) is 11.0 Å². The summed E-state index contributed by atoms with van der Waals surface area (Å²) in [5.74, 6) is 1.66. The summed E-state index contributed by atoms with van der Waals surface area (Å²) >= 11 is 0. The zero-order chi connectivity index (χ0) is 25.9. The summed E-state index contributed by atoms with van der Waals surface area (Å²) in [6.07, 6.45) is -2.44. The Balaban J connectivity index is 1.14. The molecule has 2 unspecified atom stereocenters. The number of fused-ring (bicyclic) bond motifs is 3. The van der Waals surface area contributed by atoms with Crippen LogP contribution in [0.2, 0.25) is 0 Å². The third-order valence-corrected chi connectivity index (χ3v) is 7.04. The first-order chi connectivity index (χ1) is 17.7. The molecule has 3 amide bonds. The second-order valence-electron chi connectivity index (χ2n) is 9.57. The smallest absolute Gasteiger partial charge is 0.418 e. The molecule has 0 spiro atoms. The summed E-state index contributed by atoms with van der Waals surface area (Å²) in [5, 5.41) is 7.83. The van der Waals surface area contributed by atoms with E-state index in [9.17, 15) is 22.8 Å². The number of amides is 3. The van der Waals surface area contributed by atoms with Gasteiger partial charge in [-0.25, -0.2) is 9.79 Å². The fourth-order valence-corrected chi connectivity index (χ4v) is 5.18. The summed E-state index contributed by atoms with van der Waals surface area (Å²) in [7, 11) is 0. The number of para-hydroxylation sites is 1. The largest absolute Gasteiger partial charge is 0.487 e. The third-order valence-electron chi connectivity index (χ3n) is 7.04. The molecule has 37 heavy (non-hydrogen) atoms. The normalized spacial score (nSPS) is 27.4. The van der Waals surface area contributed by atoms with Gasteiger partial charge in [0, 0.05) is 29.7 Å². The molecule has 0 radical (unpaired) electrons. The SMILES string of the molecule is CC1C=NC2=C(CCC(=O)N2)C1Oc1ccc2c(c1)[C@H]1[C@H](NC(=O)Nc3ccccc3C(F)(F)F)[C@H]1O2. The Bertz CT molecular complexity index is 1360. The van der Waals surface area contributed by atoms with Crippen molar-refractivity contribution < 1.29 is 32.2 Å². The maximum atomic E-state index is 13.2. The monoisotopic (exact) mass is 512 g/mol. The van der Waals surface area contributed by atoms with Crippen molar-refractivity contribution in [2.75, 3.05) is 5.32 Å². The van der Waals surface area contributed by atoms with Crippen LogP contribution in [-0.4, -0.2) is 36.4 Å². The summed E-state index contributed by atoms with van der Waals surface area (Å²) in [5.41, 5.74) is 0.591. The molecule has 6 rings (SSSR count). The van der Waals surface area contributed by atoms with Crippen LogP contribution in [0.1, 0.15) is 36.8 Å². The molecule has 3 aliphatic heterocycles. The van der Waals surface area contributed by atoms with Crippen molar-refractivity contribution in [2.45, 2.75) is 50.1 Å². The standard InChI is InChI=1S/C26H23F3N4O4/c1-12-11-30-24-14(7-9-19(34)32-24)22(12)36-13-6-8-18-15(10-13)20-21(23(20)37-18)33-25(35)31-17-5-3-2-4-16(17)26(27,28)29/h2-6,8,10-12,20-23H,7,9H2,1H3,(H,32,34)(H2,31,33,35)/t12?,20-,21-,22?,23-/m0/s1. The molecule has 192 valence electrons. The zero-order valence-electron chi connectivity index (χ0n) is 19.6. The highest BCUT2D eigenvalue weighted by Crippen LogP contribution is 2.54. The number of carbonyl (C=O) groups excluding carboxylic acids is 2. The van der Waals surface area contributed by atoms with Crippen molar-refractivity contribution in [3.05, 3.63) is 65.0 Å². The van der Waals surface area contributed by atoms with E-state index in [1.807, 2.05) is 25.1 Å². The zero-order valence-corrected chi connectivity index (χ0v) is 19.6. The number of nitrogens with zero attached hydrogens (tertiary/aromatic N) is 1. The Morgan fingerprint density at radius 1 is 1.19 bits per heavy atom.